The number of hydrogen-bond acceptors (Lipinski definition) is 3. The lowest BCUT2D eigenvalue weighted by molar-refractivity contribution is 0.471. The van der Waals surface area contributed by atoms with Gasteiger partial charge in [-0.15, -0.1) is 0 Å². The first-order chi connectivity index (χ1) is 7.72. The Morgan fingerprint density at radius 3 is 3.00 bits per heavy atom. The van der Waals surface area contributed by atoms with Gasteiger partial charge in [0.25, 0.3) is 0 Å². The molecule has 0 saturated heterocycles. The van der Waals surface area contributed by atoms with Crippen molar-refractivity contribution < 1.29 is 4.42 Å². The van der Waals surface area contributed by atoms with Gasteiger partial charge in [0.1, 0.15) is 5.52 Å². The largest absolute Gasteiger partial charge is 0.440 e. The molecule has 2 unspecified atom stereocenters. The summed E-state index contributed by atoms with van der Waals surface area (Å²) in [7, 11) is 0. The Labute approximate surface area is 98.6 Å². The lowest BCUT2D eigenvalue weighted by atomic mass is 10.1. The van der Waals surface area contributed by atoms with E-state index in [0.29, 0.717) is 17.0 Å². The number of rotatable bonds is 1. The van der Waals surface area contributed by atoms with Crippen molar-refractivity contribution in [3.05, 3.63) is 29.1 Å². The molecular weight excluding hydrogens is 224 g/mol. The normalized spacial score (nSPS) is 25.4. The first-order valence-electron chi connectivity index (χ1n) is 5.54. The molecule has 0 radical (unpaired) electrons. The average molecular weight is 237 g/mol. The number of nitrogens with two attached hydrogens (primary N) is 1. The standard InChI is InChI=1S/C12H13ClN2O/c13-8-2-4-11-10(6-8)15-12(16-11)7-1-3-9(14)5-7/h2,4,6-7,9H,1,3,5,14H2. The van der Waals surface area contributed by atoms with Gasteiger partial charge in [0.15, 0.2) is 11.5 Å². The molecule has 84 valence electrons. The van der Waals surface area contributed by atoms with Gasteiger partial charge in [-0.25, -0.2) is 4.98 Å². The number of hydrogen-bond donors (Lipinski definition) is 1. The maximum atomic E-state index is 5.91. The first kappa shape index (κ1) is 10.1. The van der Waals surface area contributed by atoms with Gasteiger partial charge in [0.05, 0.1) is 0 Å². The molecule has 1 saturated carbocycles. The summed E-state index contributed by atoms with van der Waals surface area (Å²) >= 11 is 5.91. The van der Waals surface area contributed by atoms with Crippen molar-refractivity contribution in [2.75, 3.05) is 0 Å². The zero-order chi connectivity index (χ0) is 11.1. The molecule has 1 aromatic heterocycles. The molecular formula is C12H13ClN2O. The highest BCUT2D eigenvalue weighted by Gasteiger charge is 2.27. The molecule has 0 bridgehead atoms. The fraction of sp³-hybridized carbons (Fsp3) is 0.417. The third-order valence-electron chi connectivity index (χ3n) is 3.19. The fourth-order valence-corrected chi connectivity index (χ4v) is 2.50. The van der Waals surface area contributed by atoms with Crippen LogP contribution in [0.3, 0.4) is 0 Å². The van der Waals surface area contributed by atoms with Crippen LogP contribution in [0.4, 0.5) is 0 Å². The van der Waals surface area contributed by atoms with Crippen molar-refractivity contribution in [3.63, 3.8) is 0 Å². The van der Waals surface area contributed by atoms with E-state index in [1.54, 1.807) is 0 Å². The van der Waals surface area contributed by atoms with Gasteiger partial charge >= 0.3 is 0 Å². The topological polar surface area (TPSA) is 52.0 Å². The molecule has 1 aliphatic rings. The van der Waals surface area contributed by atoms with Gasteiger partial charge in [-0.2, -0.15) is 0 Å². The predicted molar refractivity (Wildman–Crippen MR) is 63.6 cm³/mol. The zero-order valence-electron chi connectivity index (χ0n) is 8.82. The van der Waals surface area contributed by atoms with E-state index in [1.807, 2.05) is 18.2 Å². The molecule has 1 aliphatic carbocycles. The molecule has 3 nitrogen and oxygen atoms in total. The van der Waals surface area contributed by atoms with Crippen LogP contribution in [0.25, 0.3) is 11.1 Å². The van der Waals surface area contributed by atoms with Crippen LogP contribution in [0.5, 0.6) is 0 Å². The Kier molecular flexibility index (Phi) is 2.37. The summed E-state index contributed by atoms with van der Waals surface area (Å²) in [4.78, 5) is 4.48. The van der Waals surface area contributed by atoms with Gasteiger partial charge in [-0.3, -0.25) is 0 Å². The smallest absolute Gasteiger partial charge is 0.198 e. The van der Waals surface area contributed by atoms with E-state index in [0.717, 1.165) is 36.3 Å². The van der Waals surface area contributed by atoms with Crippen molar-refractivity contribution in [3.8, 4) is 0 Å². The summed E-state index contributed by atoms with van der Waals surface area (Å²) < 4.78 is 5.73. The highest BCUT2D eigenvalue weighted by Crippen LogP contribution is 2.34. The van der Waals surface area contributed by atoms with Gasteiger partial charge in [0.2, 0.25) is 0 Å². The van der Waals surface area contributed by atoms with Crippen LogP contribution in [0, 0.1) is 0 Å². The second-order valence-corrected chi connectivity index (χ2v) is 4.87. The Morgan fingerprint density at radius 2 is 2.25 bits per heavy atom. The van der Waals surface area contributed by atoms with Crippen molar-refractivity contribution >= 4 is 22.7 Å². The van der Waals surface area contributed by atoms with Crippen LogP contribution in [0.15, 0.2) is 22.6 Å². The molecule has 0 amide bonds. The zero-order valence-corrected chi connectivity index (χ0v) is 9.57. The van der Waals surface area contributed by atoms with E-state index < -0.39 is 0 Å². The van der Waals surface area contributed by atoms with Crippen LogP contribution >= 0.6 is 11.6 Å². The summed E-state index contributed by atoms with van der Waals surface area (Å²) in [6, 6.07) is 5.81. The van der Waals surface area contributed by atoms with Crippen molar-refractivity contribution in [1.82, 2.24) is 4.98 Å². The predicted octanol–water partition coefficient (Wildman–Crippen LogP) is 3.08. The van der Waals surface area contributed by atoms with Crippen molar-refractivity contribution in [2.45, 2.75) is 31.2 Å². The number of aromatic nitrogens is 1. The summed E-state index contributed by atoms with van der Waals surface area (Å²) in [5.74, 6) is 1.19. The number of benzene rings is 1. The molecule has 2 N–H and O–H groups in total. The second kappa shape index (κ2) is 3.75. The third kappa shape index (κ3) is 1.70. The van der Waals surface area contributed by atoms with Gasteiger partial charge in [0, 0.05) is 17.0 Å². The van der Waals surface area contributed by atoms with Crippen LogP contribution in [0.1, 0.15) is 31.1 Å². The van der Waals surface area contributed by atoms with Crippen LogP contribution in [-0.4, -0.2) is 11.0 Å². The highest BCUT2D eigenvalue weighted by atomic mass is 35.5. The Bertz CT molecular complexity index is 523. The minimum atomic E-state index is 0.295. The number of nitrogens with zero attached hydrogens (tertiary/aromatic N) is 1. The SMILES string of the molecule is NC1CCC(c2nc3cc(Cl)ccc3o2)C1. The van der Waals surface area contributed by atoms with E-state index >= 15 is 0 Å². The van der Waals surface area contributed by atoms with E-state index in [9.17, 15) is 0 Å². The van der Waals surface area contributed by atoms with Crippen molar-refractivity contribution in [2.24, 2.45) is 5.73 Å². The van der Waals surface area contributed by atoms with E-state index in [-0.39, 0.29) is 0 Å². The molecule has 4 heteroatoms. The molecule has 1 heterocycles. The van der Waals surface area contributed by atoms with E-state index in [1.165, 1.54) is 0 Å². The molecule has 16 heavy (non-hydrogen) atoms. The lowest BCUT2D eigenvalue weighted by Gasteiger charge is -2.02. The van der Waals surface area contributed by atoms with Gasteiger partial charge in [-0.05, 0) is 37.5 Å². The maximum absolute atomic E-state index is 5.91. The summed E-state index contributed by atoms with van der Waals surface area (Å²) in [5, 5.41) is 0.690. The van der Waals surface area contributed by atoms with Crippen LogP contribution < -0.4 is 5.73 Å². The third-order valence-corrected chi connectivity index (χ3v) is 3.42. The maximum Gasteiger partial charge on any atom is 0.198 e. The molecule has 3 rings (SSSR count). The Morgan fingerprint density at radius 1 is 1.38 bits per heavy atom. The molecule has 0 spiro atoms. The van der Waals surface area contributed by atoms with E-state index in [2.05, 4.69) is 4.98 Å². The number of oxazole rings is 1. The molecule has 1 aromatic carbocycles. The van der Waals surface area contributed by atoms with Gasteiger partial charge in [-0.1, -0.05) is 11.6 Å². The monoisotopic (exact) mass is 236 g/mol. The Hall–Kier alpha value is -1.06. The second-order valence-electron chi connectivity index (χ2n) is 4.43. The average Bonchev–Trinajstić information content (AvgIpc) is 2.83. The lowest BCUT2D eigenvalue weighted by Crippen LogP contribution is -2.14. The summed E-state index contributed by atoms with van der Waals surface area (Å²) in [6.07, 6.45) is 3.10. The van der Waals surface area contributed by atoms with Gasteiger partial charge < -0.3 is 10.2 Å². The molecule has 0 aliphatic heterocycles. The number of halogens is 1. The molecule has 1 fully saturated rings. The molecule has 2 aromatic rings. The van der Waals surface area contributed by atoms with E-state index in [4.69, 9.17) is 21.8 Å². The summed E-state index contributed by atoms with van der Waals surface area (Å²) in [6.45, 7) is 0. The van der Waals surface area contributed by atoms with Crippen molar-refractivity contribution in [1.29, 1.82) is 0 Å². The minimum Gasteiger partial charge on any atom is -0.440 e. The number of fused-ring (bicyclic) bond motifs is 1. The van der Waals surface area contributed by atoms with Crippen LogP contribution in [0.2, 0.25) is 5.02 Å². The Balaban J connectivity index is 1.99. The van der Waals surface area contributed by atoms with Crippen LogP contribution in [-0.2, 0) is 0 Å². The fourth-order valence-electron chi connectivity index (χ4n) is 2.33. The minimum absolute atomic E-state index is 0.295. The molecule has 2 atom stereocenters. The first-order valence-corrected chi connectivity index (χ1v) is 5.92. The summed E-state index contributed by atoms with van der Waals surface area (Å²) in [5.41, 5.74) is 7.53. The highest BCUT2D eigenvalue weighted by molar-refractivity contribution is 6.31. The quantitative estimate of drug-likeness (QED) is 0.828.